The monoisotopic (exact) mass is 385 g/mol. The summed E-state index contributed by atoms with van der Waals surface area (Å²) in [6.07, 6.45) is 4.14. The van der Waals surface area contributed by atoms with E-state index >= 15 is 0 Å². The first-order valence-corrected chi connectivity index (χ1v) is 9.80. The van der Waals surface area contributed by atoms with Crippen LogP contribution < -0.4 is 5.32 Å². The molecule has 1 atom stereocenters. The first-order chi connectivity index (χ1) is 13.5. The summed E-state index contributed by atoms with van der Waals surface area (Å²) < 4.78 is 13.4. The number of aryl methyl sites for hydroxylation is 1. The largest absolute Gasteiger partial charge is 0.374 e. The van der Waals surface area contributed by atoms with E-state index in [9.17, 15) is 0 Å². The number of nitrogens with zero attached hydrogens (tertiary/aromatic N) is 4. The molecule has 0 spiro atoms. The molecule has 152 valence electrons. The van der Waals surface area contributed by atoms with Crippen LogP contribution in [0.4, 0.5) is 0 Å². The van der Waals surface area contributed by atoms with Crippen LogP contribution in [0.15, 0.2) is 41.7 Å². The van der Waals surface area contributed by atoms with Crippen molar-refractivity contribution < 1.29 is 9.47 Å². The predicted molar refractivity (Wildman–Crippen MR) is 110 cm³/mol. The highest BCUT2D eigenvalue weighted by Gasteiger charge is 2.25. The standard InChI is InChI=1S/C21H31N5O2/c1-16(2)28-15-18-7-5-17(6-8-18)11-23-21(22-3)26-9-10-27-20(14-26)19-12-24-25(4)13-19/h5-8,12-13,16,20H,9-11,14-15H2,1-4H3,(H,22,23). The number of hydrogen-bond acceptors (Lipinski definition) is 4. The maximum absolute atomic E-state index is 5.93. The molecule has 0 saturated carbocycles. The maximum Gasteiger partial charge on any atom is 0.194 e. The number of ether oxygens (including phenoxy) is 2. The zero-order chi connectivity index (χ0) is 19.9. The smallest absolute Gasteiger partial charge is 0.194 e. The molecule has 1 aliphatic heterocycles. The van der Waals surface area contributed by atoms with Crippen LogP contribution in [-0.2, 0) is 29.7 Å². The number of aliphatic imine (C=N–C) groups is 1. The van der Waals surface area contributed by atoms with Gasteiger partial charge >= 0.3 is 0 Å². The van der Waals surface area contributed by atoms with Crippen molar-refractivity contribution in [2.24, 2.45) is 12.0 Å². The lowest BCUT2D eigenvalue weighted by atomic mass is 10.1. The fraction of sp³-hybridized carbons (Fsp3) is 0.524. The Balaban J connectivity index is 1.54. The summed E-state index contributed by atoms with van der Waals surface area (Å²) in [4.78, 5) is 6.70. The summed E-state index contributed by atoms with van der Waals surface area (Å²) in [5.41, 5.74) is 3.50. The van der Waals surface area contributed by atoms with Crippen LogP contribution in [0.25, 0.3) is 0 Å². The van der Waals surface area contributed by atoms with Crippen LogP contribution in [0.1, 0.15) is 36.6 Å². The molecule has 1 unspecified atom stereocenters. The number of benzene rings is 1. The van der Waals surface area contributed by atoms with Gasteiger partial charge in [0.05, 0.1) is 32.1 Å². The van der Waals surface area contributed by atoms with Crippen molar-refractivity contribution >= 4 is 5.96 Å². The first kappa shape index (κ1) is 20.4. The molecule has 0 amide bonds. The Hall–Kier alpha value is -2.38. The van der Waals surface area contributed by atoms with Crippen molar-refractivity contribution in [3.8, 4) is 0 Å². The van der Waals surface area contributed by atoms with E-state index in [2.05, 4.69) is 44.6 Å². The fourth-order valence-corrected chi connectivity index (χ4v) is 3.18. The topological polar surface area (TPSA) is 63.9 Å². The maximum atomic E-state index is 5.93. The number of hydrogen-bond donors (Lipinski definition) is 1. The number of morpholine rings is 1. The van der Waals surface area contributed by atoms with Crippen molar-refractivity contribution in [2.75, 3.05) is 26.7 Å². The predicted octanol–water partition coefficient (Wildman–Crippen LogP) is 2.49. The Kier molecular flexibility index (Phi) is 7.06. The average molecular weight is 386 g/mol. The molecule has 1 aromatic heterocycles. The summed E-state index contributed by atoms with van der Waals surface area (Å²) in [6.45, 7) is 7.73. The third-order valence-corrected chi connectivity index (χ3v) is 4.73. The molecule has 1 aromatic carbocycles. The molecule has 1 aliphatic rings. The number of rotatable bonds is 6. The van der Waals surface area contributed by atoms with E-state index in [0.29, 0.717) is 13.2 Å². The Morgan fingerprint density at radius 3 is 2.71 bits per heavy atom. The fourth-order valence-electron chi connectivity index (χ4n) is 3.18. The third kappa shape index (κ3) is 5.56. The van der Waals surface area contributed by atoms with Gasteiger partial charge in [0.25, 0.3) is 0 Å². The lowest BCUT2D eigenvalue weighted by molar-refractivity contribution is -0.00805. The summed E-state index contributed by atoms with van der Waals surface area (Å²) in [5.74, 6) is 0.893. The van der Waals surface area contributed by atoms with Crippen molar-refractivity contribution in [1.29, 1.82) is 0 Å². The highest BCUT2D eigenvalue weighted by atomic mass is 16.5. The van der Waals surface area contributed by atoms with Crippen LogP contribution in [-0.4, -0.2) is 53.5 Å². The molecule has 7 heteroatoms. The number of nitrogens with one attached hydrogen (secondary N) is 1. The van der Waals surface area contributed by atoms with E-state index in [1.165, 1.54) is 11.1 Å². The van der Waals surface area contributed by atoms with Gasteiger partial charge < -0.3 is 19.7 Å². The lowest BCUT2D eigenvalue weighted by Crippen LogP contribution is -2.47. The minimum absolute atomic E-state index is 0.0150. The molecule has 2 heterocycles. The van der Waals surface area contributed by atoms with Crippen molar-refractivity contribution in [2.45, 2.75) is 39.2 Å². The second-order valence-electron chi connectivity index (χ2n) is 7.33. The Bertz CT molecular complexity index is 769. The lowest BCUT2D eigenvalue weighted by Gasteiger charge is -2.34. The van der Waals surface area contributed by atoms with Crippen LogP contribution in [0.5, 0.6) is 0 Å². The van der Waals surface area contributed by atoms with Gasteiger partial charge in [-0.05, 0) is 25.0 Å². The molecule has 0 aliphatic carbocycles. The molecule has 0 radical (unpaired) electrons. The highest BCUT2D eigenvalue weighted by molar-refractivity contribution is 5.80. The van der Waals surface area contributed by atoms with Crippen LogP contribution in [0, 0.1) is 0 Å². The van der Waals surface area contributed by atoms with Crippen LogP contribution in [0.3, 0.4) is 0 Å². The Labute approximate surface area is 167 Å². The number of guanidine groups is 1. The van der Waals surface area contributed by atoms with Gasteiger partial charge in [0.15, 0.2) is 5.96 Å². The van der Waals surface area contributed by atoms with Crippen molar-refractivity contribution in [3.05, 3.63) is 53.3 Å². The van der Waals surface area contributed by atoms with Gasteiger partial charge in [0, 0.05) is 38.9 Å². The molecule has 1 fully saturated rings. The Morgan fingerprint density at radius 2 is 2.07 bits per heavy atom. The quantitative estimate of drug-likeness (QED) is 0.611. The minimum atomic E-state index is 0.0150. The SMILES string of the molecule is CN=C(NCc1ccc(COC(C)C)cc1)N1CCOC(c2cnn(C)c2)C1. The van der Waals surface area contributed by atoms with Crippen LogP contribution >= 0.6 is 0 Å². The molecular weight excluding hydrogens is 354 g/mol. The van der Waals surface area contributed by atoms with Gasteiger partial charge in [-0.3, -0.25) is 9.67 Å². The van der Waals surface area contributed by atoms with E-state index in [-0.39, 0.29) is 12.2 Å². The van der Waals surface area contributed by atoms with E-state index in [1.54, 1.807) is 4.68 Å². The normalized spacial score (nSPS) is 18.0. The molecule has 3 rings (SSSR count). The van der Waals surface area contributed by atoms with Crippen LogP contribution in [0.2, 0.25) is 0 Å². The zero-order valence-electron chi connectivity index (χ0n) is 17.3. The third-order valence-electron chi connectivity index (χ3n) is 4.73. The second kappa shape index (κ2) is 9.71. The van der Waals surface area contributed by atoms with Gasteiger partial charge in [0.2, 0.25) is 0 Å². The van der Waals surface area contributed by atoms with Gasteiger partial charge in [-0.2, -0.15) is 5.10 Å². The van der Waals surface area contributed by atoms with Gasteiger partial charge in [-0.15, -0.1) is 0 Å². The van der Waals surface area contributed by atoms with E-state index in [4.69, 9.17) is 9.47 Å². The molecule has 28 heavy (non-hydrogen) atoms. The molecule has 2 aromatic rings. The minimum Gasteiger partial charge on any atom is -0.374 e. The molecule has 1 N–H and O–H groups in total. The van der Waals surface area contributed by atoms with E-state index in [0.717, 1.165) is 31.2 Å². The van der Waals surface area contributed by atoms with E-state index < -0.39 is 0 Å². The molecule has 1 saturated heterocycles. The van der Waals surface area contributed by atoms with Gasteiger partial charge in [0.1, 0.15) is 6.10 Å². The van der Waals surface area contributed by atoms with Gasteiger partial charge in [-0.1, -0.05) is 24.3 Å². The molecule has 7 nitrogen and oxygen atoms in total. The summed E-state index contributed by atoms with van der Waals surface area (Å²) in [7, 11) is 3.74. The summed E-state index contributed by atoms with van der Waals surface area (Å²) in [6, 6.07) is 8.51. The highest BCUT2D eigenvalue weighted by Crippen LogP contribution is 2.21. The Morgan fingerprint density at radius 1 is 1.32 bits per heavy atom. The van der Waals surface area contributed by atoms with Crippen molar-refractivity contribution in [1.82, 2.24) is 20.0 Å². The average Bonchev–Trinajstić information content (AvgIpc) is 3.14. The second-order valence-corrected chi connectivity index (χ2v) is 7.33. The zero-order valence-corrected chi connectivity index (χ0v) is 17.3. The van der Waals surface area contributed by atoms with Crippen molar-refractivity contribution in [3.63, 3.8) is 0 Å². The summed E-state index contributed by atoms with van der Waals surface area (Å²) in [5, 5.41) is 7.72. The molecule has 0 bridgehead atoms. The molecular formula is C21H31N5O2. The number of aromatic nitrogens is 2. The first-order valence-electron chi connectivity index (χ1n) is 9.80. The summed E-state index contributed by atoms with van der Waals surface area (Å²) >= 11 is 0. The van der Waals surface area contributed by atoms with E-state index in [1.807, 2.05) is 40.3 Å². The van der Waals surface area contributed by atoms with Gasteiger partial charge in [-0.25, -0.2) is 0 Å².